The van der Waals surface area contributed by atoms with Gasteiger partial charge >= 0.3 is 6.18 Å². The maximum absolute atomic E-state index is 14.3. The highest BCUT2D eigenvalue weighted by molar-refractivity contribution is 6.05. The van der Waals surface area contributed by atoms with Gasteiger partial charge in [-0.2, -0.15) is 18.3 Å². The van der Waals surface area contributed by atoms with E-state index in [4.69, 9.17) is 5.10 Å². The quantitative estimate of drug-likeness (QED) is 0.171. The van der Waals surface area contributed by atoms with Crippen LogP contribution in [-0.2, 0) is 17.5 Å². The summed E-state index contributed by atoms with van der Waals surface area (Å²) in [6, 6.07) is 17.8. The number of fused-ring (bicyclic) bond motifs is 1. The molecule has 5 rings (SSSR count). The Kier molecular flexibility index (Phi) is 9.88. The zero-order valence-corrected chi connectivity index (χ0v) is 25.8. The van der Waals surface area contributed by atoms with Gasteiger partial charge < -0.3 is 15.5 Å². The number of hydrogen-bond acceptors (Lipinski definition) is 5. The molecular formula is C34H36F4N6O2. The number of anilines is 1. The smallest absolute Gasteiger partial charge is 0.339 e. The molecule has 8 nitrogen and oxygen atoms in total. The molecule has 0 unspecified atom stereocenters. The van der Waals surface area contributed by atoms with Crippen LogP contribution in [0.3, 0.4) is 0 Å². The van der Waals surface area contributed by atoms with Crippen molar-refractivity contribution in [1.82, 2.24) is 25.3 Å². The second-order valence-electron chi connectivity index (χ2n) is 11.4. The summed E-state index contributed by atoms with van der Waals surface area (Å²) in [7, 11) is 3.99. The number of para-hydroxylation sites is 1. The molecule has 0 spiro atoms. The number of likely N-dealkylation sites (N-methyl/N-ethyl adjacent to an activating group) is 1. The molecule has 2 atom stereocenters. The summed E-state index contributed by atoms with van der Waals surface area (Å²) in [6.45, 7) is 3.94. The molecule has 1 aromatic heterocycles. The van der Waals surface area contributed by atoms with Crippen LogP contribution in [0.15, 0.2) is 78.9 Å². The van der Waals surface area contributed by atoms with Crippen molar-refractivity contribution in [2.45, 2.75) is 38.0 Å². The molecule has 2 amide bonds. The van der Waals surface area contributed by atoms with Crippen molar-refractivity contribution in [3.63, 3.8) is 0 Å². The number of amides is 2. The van der Waals surface area contributed by atoms with Gasteiger partial charge in [-0.3, -0.25) is 14.5 Å². The molecule has 12 heteroatoms. The monoisotopic (exact) mass is 636 g/mol. The van der Waals surface area contributed by atoms with Crippen LogP contribution in [0.5, 0.6) is 0 Å². The van der Waals surface area contributed by atoms with Gasteiger partial charge in [0, 0.05) is 30.1 Å². The Morgan fingerprint density at radius 2 is 1.72 bits per heavy atom. The molecule has 3 aromatic carbocycles. The number of carbonyl (C=O) groups is 2. The van der Waals surface area contributed by atoms with E-state index in [9.17, 15) is 27.2 Å². The summed E-state index contributed by atoms with van der Waals surface area (Å²) in [5, 5.41) is 11.2. The van der Waals surface area contributed by atoms with E-state index in [-0.39, 0.29) is 12.1 Å². The summed E-state index contributed by atoms with van der Waals surface area (Å²) in [5.41, 5.74) is 1.33. The SMILES string of the molecule is CCN1C(=O)[C@@H](NC(=O)c2cccc(C(F)(F)F)c2)[C@@H](c2ccc(F)cc2)c2c(CNCCCN(C)C)nn(-c3ccccc3)c21. The number of carbonyl (C=O) groups excluding carboxylic acids is 2. The largest absolute Gasteiger partial charge is 0.416 e. The van der Waals surface area contributed by atoms with E-state index in [0.717, 1.165) is 31.2 Å². The van der Waals surface area contributed by atoms with Gasteiger partial charge in [-0.25, -0.2) is 9.07 Å². The number of nitrogens with zero attached hydrogens (tertiary/aromatic N) is 4. The third kappa shape index (κ3) is 6.97. The van der Waals surface area contributed by atoms with Gasteiger partial charge in [-0.1, -0.05) is 36.4 Å². The van der Waals surface area contributed by atoms with Crippen LogP contribution in [0.25, 0.3) is 5.69 Å². The minimum Gasteiger partial charge on any atom is -0.339 e. The molecule has 0 aliphatic carbocycles. The molecule has 46 heavy (non-hydrogen) atoms. The second-order valence-corrected chi connectivity index (χ2v) is 11.4. The fraction of sp³-hybridized carbons (Fsp3) is 0.324. The molecule has 0 saturated heterocycles. The first-order valence-electron chi connectivity index (χ1n) is 15.1. The van der Waals surface area contributed by atoms with Crippen LogP contribution in [0.1, 0.15) is 52.0 Å². The predicted octanol–water partition coefficient (Wildman–Crippen LogP) is 5.37. The van der Waals surface area contributed by atoms with Crippen LogP contribution < -0.4 is 15.5 Å². The topological polar surface area (TPSA) is 82.5 Å². The van der Waals surface area contributed by atoms with Gasteiger partial charge in [-0.05, 0) is 88.6 Å². The van der Waals surface area contributed by atoms with E-state index < -0.39 is 41.3 Å². The molecule has 0 radical (unpaired) electrons. The lowest BCUT2D eigenvalue weighted by atomic mass is 9.80. The average molecular weight is 637 g/mol. The van der Waals surface area contributed by atoms with Crippen molar-refractivity contribution in [2.75, 3.05) is 38.6 Å². The van der Waals surface area contributed by atoms with Crippen molar-refractivity contribution >= 4 is 17.6 Å². The van der Waals surface area contributed by atoms with Crippen LogP contribution in [0.2, 0.25) is 0 Å². The molecule has 0 bridgehead atoms. The van der Waals surface area contributed by atoms with Crippen LogP contribution in [0, 0.1) is 5.82 Å². The number of nitrogens with one attached hydrogen (secondary N) is 2. The number of hydrogen-bond donors (Lipinski definition) is 2. The minimum absolute atomic E-state index is 0.228. The van der Waals surface area contributed by atoms with E-state index in [1.807, 2.05) is 44.4 Å². The number of aromatic nitrogens is 2. The maximum Gasteiger partial charge on any atom is 0.416 e. The zero-order valence-electron chi connectivity index (χ0n) is 25.8. The summed E-state index contributed by atoms with van der Waals surface area (Å²) in [6.07, 6.45) is -3.77. The van der Waals surface area contributed by atoms with E-state index in [1.54, 1.807) is 23.7 Å². The van der Waals surface area contributed by atoms with Crippen molar-refractivity contribution in [1.29, 1.82) is 0 Å². The number of benzene rings is 3. The highest BCUT2D eigenvalue weighted by Crippen LogP contribution is 2.43. The van der Waals surface area contributed by atoms with Gasteiger partial charge in [0.25, 0.3) is 11.8 Å². The van der Waals surface area contributed by atoms with Crippen molar-refractivity contribution < 1.29 is 27.2 Å². The highest BCUT2D eigenvalue weighted by Gasteiger charge is 2.46. The minimum atomic E-state index is -4.65. The third-order valence-corrected chi connectivity index (χ3v) is 7.94. The van der Waals surface area contributed by atoms with Gasteiger partial charge in [0.05, 0.1) is 16.9 Å². The third-order valence-electron chi connectivity index (χ3n) is 7.94. The standard InChI is InChI=1S/C34H36F4N6O2/c1-4-43-32-29(27(21-39-18-9-19-42(2)3)41-44(32)26-12-6-5-7-13-26)28(22-14-16-25(35)17-15-22)30(33(43)46)40-31(45)23-10-8-11-24(20-23)34(36,37)38/h5-8,10-17,20,28,30,39H,4,9,18-19,21H2,1-3H3,(H,40,45)/t28-,30-/m0/s1. The summed E-state index contributed by atoms with van der Waals surface area (Å²) in [4.78, 5) is 31.5. The molecule has 2 heterocycles. The fourth-order valence-corrected chi connectivity index (χ4v) is 5.77. The fourth-order valence-electron chi connectivity index (χ4n) is 5.77. The summed E-state index contributed by atoms with van der Waals surface area (Å²) in [5.74, 6) is -2.09. The molecule has 242 valence electrons. The molecule has 2 N–H and O–H groups in total. The summed E-state index contributed by atoms with van der Waals surface area (Å²) < 4.78 is 56.2. The Hall–Kier alpha value is -4.55. The lowest BCUT2D eigenvalue weighted by Crippen LogP contribution is -2.55. The Balaban J connectivity index is 1.64. The Bertz CT molecular complexity index is 1670. The lowest BCUT2D eigenvalue weighted by molar-refractivity contribution is -0.137. The first kappa shape index (κ1) is 32.8. The number of halogens is 4. The molecule has 1 aliphatic heterocycles. The number of rotatable bonds is 11. The summed E-state index contributed by atoms with van der Waals surface area (Å²) >= 11 is 0. The van der Waals surface area contributed by atoms with E-state index >= 15 is 0 Å². The first-order chi connectivity index (χ1) is 22.0. The molecule has 0 saturated carbocycles. The molecular weight excluding hydrogens is 600 g/mol. The Morgan fingerprint density at radius 1 is 1.00 bits per heavy atom. The Labute approximate surface area is 265 Å². The molecule has 0 fully saturated rings. The van der Waals surface area contributed by atoms with Gasteiger partial charge in [0.2, 0.25) is 0 Å². The maximum atomic E-state index is 14.3. The highest BCUT2D eigenvalue weighted by atomic mass is 19.4. The van der Waals surface area contributed by atoms with E-state index in [2.05, 4.69) is 15.5 Å². The Morgan fingerprint density at radius 3 is 2.37 bits per heavy atom. The van der Waals surface area contributed by atoms with E-state index in [1.165, 1.54) is 23.1 Å². The molecule has 4 aromatic rings. The van der Waals surface area contributed by atoms with Gasteiger partial charge in [0.15, 0.2) is 0 Å². The average Bonchev–Trinajstić information content (AvgIpc) is 3.40. The van der Waals surface area contributed by atoms with Gasteiger partial charge in [0.1, 0.15) is 17.7 Å². The van der Waals surface area contributed by atoms with Crippen LogP contribution in [-0.4, -0.2) is 66.3 Å². The van der Waals surface area contributed by atoms with Gasteiger partial charge in [-0.15, -0.1) is 0 Å². The first-order valence-corrected chi connectivity index (χ1v) is 15.1. The van der Waals surface area contributed by atoms with Crippen LogP contribution in [0.4, 0.5) is 23.4 Å². The number of alkyl halides is 3. The molecule has 1 aliphatic rings. The van der Waals surface area contributed by atoms with Crippen molar-refractivity contribution in [3.05, 3.63) is 113 Å². The lowest BCUT2D eigenvalue weighted by Gasteiger charge is -2.38. The van der Waals surface area contributed by atoms with Crippen molar-refractivity contribution in [2.24, 2.45) is 0 Å². The normalized spacial score (nSPS) is 16.5. The van der Waals surface area contributed by atoms with E-state index in [0.29, 0.717) is 41.4 Å². The zero-order chi connectivity index (χ0) is 33.0. The van der Waals surface area contributed by atoms with Crippen molar-refractivity contribution in [3.8, 4) is 5.69 Å². The predicted molar refractivity (Wildman–Crippen MR) is 167 cm³/mol. The second kappa shape index (κ2) is 13.8. The van der Waals surface area contributed by atoms with Crippen LogP contribution >= 0.6 is 0 Å².